The van der Waals surface area contributed by atoms with E-state index in [0.717, 1.165) is 51.4 Å². The van der Waals surface area contributed by atoms with Gasteiger partial charge in [-0.15, -0.1) is 0 Å². The molecule has 2 rings (SSSR count). The second-order valence-electron chi connectivity index (χ2n) is 4.93. The molecule has 1 aromatic rings. The standard InChI is InChI=1S/C15H24N2O2/c1-2-14(13-5-3-4-6-15(13)18)16-7-8-17-9-11-19-12-10-17/h3-6,14,16,18H,2,7-12H2,1H3. The molecule has 19 heavy (non-hydrogen) atoms. The molecular weight excluding hydrogens is 240 g/mol. The Balaban J connectivity index is 1.81. The number of hydrogen-bond donors (Lipinski definition) is 2. The number of nitrogens with zero attached hydrogens (tertiary/aromatic N) is 1. The van der Waals surface area contributed by atoms with Crippen molar-refractivity contribution >= 4 is 0 Å². The van der Waals surface area contributed by atoms with Crippen LogP contribution in [0.2, 0.25) is 0 Å². The lowest BCUT2D eigenvalue weighted by Crippen LogP contribution is -2.40. The Morgan fingerprint density at radius 1 is 1.32 bits per heavy atom. The van der Waals surface area contributed by atoms with Crippen LogP contribution in [-0.2, 0) is 4.74 Å². The van der Waals surface area contributed by atoms with Crippen molar-refractivity contribution in [3.63, 3.8) is 0 Å². The van der Waals surface area contributed by atoms with Crippen molar-refractivity contribution in [3.05, 3.63) is 29.8 Å². The lowest BCUT2D eigenvalue weighted by Gasteiger charge is -2.27. The second kappa shape index (κ2) is 7.48. The molecule has 0 saturated carbocycles. The van der Waals surface area contributed by atoms with Gasteiger partial charge in [0, 0.05) is 37.8 Å². The van der Waals surface area contributed by atoms with Gasteiger partial charge in [-0.3, -0.25) is 4.90 Å². The molecule has 0 bridgehead atoms. The third kappa shape index (κ3) is 4.20. The second-order valence-corrected chi connectivity index (χ2v) is 4.93. The van der Waals surface area contributed by atoms with Crippen LogP contribution < -0.4 is 5.32 Å². The molecule has 0 aromatic heterocycles. The number of phenols is 1. The van der Waals surface area contributed by atoms with Crippen LogP contribution in [0, 0.1) is 0 Å². The summed E-state index contributed by atoms with van der Waals surface area (Å²) in [4.78, 5) is 2.41. The molecule has 4 heteroatoms. The number of benzene rings is 1. The summed E-state index contributed by atoms with van der Waals surface area (Å²) < 4.78 is 5.34. The van der Waals surface area contributed by atoms with Gasteiger partial charge in [0.2, 0.25) is 0 Å². The fourth-order valence-electron chi connectivity index (χ4n) is 2.48. The quantitative estimate of drug-likeness (QED) is 0.822. The molecule has 1 aromatic carbocycles. The van der Waals surface area contributed by atoms with Crippen molar-refractivity contribution in [3.8, 4) is 5.75 Å². The van der Waals surface area contributed by atoms with Crippen LogP contribution in [-0.4, -0.2) is 49.4 Å². The van der Waals surface area contributed by atoms with E-state index in [1.54, 1.807) is 6.07 Å². The Morgan fingerprint density at radius 3 is 2.74 bits per heavy atom. The smallest absolute Gasteiger partial charge is 0.120 e. The van der Waals surface area contributed by atoms with Gasteiger partial charge in [-0.2, -0.15) is 0 Å². The number of aromatic hydroxyl groups is 1. The summed E-state index contributed by atoms with van der Waals surface area (Å²) in [7, 11) is 0. The first-order valence-electron chi connectivity index (χ1n) is 7.12. The fourth-order valence-corrected chi connectivity index (χ4v) is 2.48. The predicted molar refractivity (Wildman–Crippen MR) is 76.4 cm³/mol. The van der Waals surface area contributed by atoms with E-state index in [2.05, 4.69) is 17.1 Å². The highest BCUT2D eigenvalue weighted by atomic mass is 16.5. The molecule has 4 nitrogen and oxygen atoms in total. The summed E-state index contributed by atoms with van der Waals surface area (Å²) in [5.74, 6) is 0.383. The van der Waals surface area contributed by atoms with Crippen molar-refractivity contribution < 1.29 is 9.84 Å². The van der Waals surface area contributed by atoms with E-state index in [1.807, 2.05) is 18.2 Å². The first kappa shape index (κ1) is 14.3. The van der Waals surface area contributed by atoms with E-state index >= 15 is 0 Å². The number of rotatable bonds is 6. The van der Waals surface area contributed by atoms with Gasteiger partial charge in [0.1, 0.15) is 5.75 Å². The maximum absolute atomic E-state index is 9.89. The number of ether oxygens (including phenoxy) is 1. The third-order valence-corrected chi connectivity index (χ3v) is 3.64. The molecule has 1 heterocycles. The summed E-state index contributed by atoms with van der Waals surface area (Å²) in [6.45, 7) is 7.84. The van der Waals surface area contributed by atoms with E-state index in [4.69, 9.17) is 4.74 Å². The van der Waals surface area contributed by atoms with E-state index < -0.39 is 0 Å². The van der Waals surface area contributed by atoms with Gasteiger partial charge < -0.3 is 15.2 Å². The first-order valence-corrected chi connectivity index (χ1v) is 7.12. The normalized spacial score (nSPS) is 18.4. The Bertz CT molecular complexity index is 378. The lowest BCUT2D eigenvalue weighted by molar-refractivity contribution is 0.0381. The number of nitrogens with one attached hydrogen (secondary N) is 1. The van der Waals surface area contributed by atoms with E-state index in [1.165, 1.54) is 0 Å². The van der Waals surface area contributed by atoms with Gasteiger partial charge in [-0.05, 0) is 12.5 Å². The third-order valence-electron chi connectivity index (χ3n) is 3.64. The maximum atomic E-state index is 9.89. The molecule has 1 aliphatic rings. The van der Waals surface area contributed by atoms with E-state index in [0.29, 0.717) is 5.75 Å². The fraction of sp³-hybridized carbons (Fsp3) is 0.600. The predicted octanol–water partition coefficient (Wildman–Crippen LogP) is 1.77. The van der Waals surface area contributed by atoms with Crippen molar-refractivity contribution in [2.24, 2.45) is 0 Å². The number of hydrogen-bond acceptors (Lipinski definition) is 4. The van der Waals surface area contributed by atoms with Crippen LogP contribution in [0.5, 0.6) is 5.75 Å². The molecule has 0 radical (unpaired) electrons. The molecule has 0 amide bonds. The van der Waals surface area contributed by atoms with Crippen LogP contribution in [0.15, 0.2) is 24.3 Å². The maximum Gasteiger partial charge on any atom is 0.120 e. The first-order chi connectivity index (χ1) is 9.31. The Kier molecular flexibility index (Phi) is 5.63. The van der Waals surface area contributed by atoms with Crippen LogP contribution in [0.1, 0.15) is 24.9 Å². The van der Waals surface area contributed by atoms with Crippen molar-refractivity contribution in [2.45, 2.75) is 19.4 Å². The average molecular weight is 264 g/mol. The summed E-state index contributed by atoms with van der Waals surface area (Å²) in [6, 6.07) is 7.80. The van der Waals surface area contributed by atoms with Crippen LogP contribution in [0.4, 0.5) is 0 Å². The molecule has 0 aliphatic carbocycles. The van der Waals surface area contributed by atoms with E-state index in [9.17, 15) is 5.11 Å². The highest BCUT2D eigenvalue weighted by Gasteiger charge is 2.14. The number of morpholine rings is 1. The molecule has 1 atom stereocenters. The molecular formula is C15H24N2O2. The summed E-state index contributed by atoms with van der Waals surface area (Å²) in [5, 5.41) is 13.4. The minimum atomic E-state index is 0.224. The molecule has 1 unspecified atom stereocenters. The van der Waals surface area contributed by atoms with Crippen molar-refractivity contribution in [1.29, 1.82) is 0 Å². The van der Waals surface area contributed by atoms with Gasteiger partial charge in [0.05, 0.1) is 13.2 Å². The minimum absolute atomic E-state index is 0.224. The van der Waals surface area contributed by atoms with Gasteiger partial charge in [0.15, 0.2) is 0 Å². The molecule has 1 fully saturated rings. The SMILES string of the molecule is CCC(NCCN1CCOCC1)c1ccccc1O. The Labute approximate surface area is 115 Å². The molecule has 0 spiro atoms. The number of para-hydroxylation sites is 1. The van der Waals surface area contributed by atoms with Crippen LogP contribution in [0.3, 0.4) is 0 Å². The molecule has 106 valence electrons. The van der Waals surface area contributed by atoms with Gasteiger partial charge in [-0.1, -0.05) is 25.1 Å². The highest BCUT2D eigenvalue weighted by Crippen LogP contribution is 2.25. The largest absolute Gasteiger partial charge is 0.508 e. The van der Waals surface area contributed by atoms with Gasteiger partial charge in [-0.25, -0.2) is 0 Å². The Morgan fingerprint density at radius 2 is 2.05 bits per heavy atom. The van der Waals surface area contributed by atoms with Crippen LogP contribution in [0.25, 0.3) is 0 Å². The lowest BCUT2D eigenvalue weighted by atomic mass is 10.0. The molecule has 1 saturated heterocycles. The zero-order valence-corrected chi connectivity index (χ0v) is 11.6. The monoisotopic (exact) mass is 264 g/mol. The van der Waals surface area contributed by atoms with Gasteiger partial charge in [0.25, 0.3) is 0 Å². The molecule has 2 N–H and O–H groups in total. The summed E-state index contributed by atoms with van der Waals surface area (Å²) in [5.41, 5.74) is 0.993. The highest BCUT2D eigenvalue weighted by molar-refractivity contribution is 5.34. The van der Waals surface area contributed by atoms with Crippen molar-refractivity contribution in [2.75, 3.05) is 39.4 Å². The number of phenolic OH excluding ortho intramolecular Hbond substituents is 1. The summed E-state index contributed by atoms with van der Waals surface area (Å²) in [6.07, 6.45) is 0.973. The average Bonchev–Trinajstić information content (AvgIpc) is 2.46. The molecule has 1 aliphatic heterocycles. The van der Waals surface area contributed by atoms with Crippen LogP contribution >= 0.6 is 0 Å². The van der Waals surface area contributed by atoms with E-state index in [-0.39, 0.29) is 6.04 Å². The van der Waals surface area contributed by atoms with Crippen molar-refractivity contribution in [1.82, 2.24) is 10.2 Å². The van der Waals surface area contributed by atoms with Gasteiger partial charge >= 0.3 is 0 Å². The zero-order chi connectivity index (χ0) is 13.5. The summed E-state index contributed by atoms with van der Waals surface area (Å²) >= 11 is 0. The topological polar surface area (TPSA) is 44.7 Å². The Hall–Kier alpha value is -1.10. The minimum Gasteiger partial charge on any atom is -0.508 e. The zero-order valence-electron chi connectivity index (χ0n) is 11.6.